The summed E-state index contributed by atoms with van der Waals surface area (Å²) in [5.41, 5.74) is 0.777. The van der Waals surface area contributed by atoms with Crippen molar-refractivity contribution >= 4 is 5.91 Å². The first kappa shape index (κ1) is 14.0. The van der Waals surface area contributed by atoms with E-state index in [2.05, 4.69) is 17.3 Å². The zero-order valence-electron chi connectivity index (χ0n) is 12.4. The third-order valence-electron chi connectivity index (χ3n) is 4.32. The molecule has 0 spiro atoms. The Morgan fingerprint density at radius 3 is 2.86 bits per heavy atom. The average Bonchev–Trinajstić information content (AvgIpc) is 2.46. The number of allylic oxidation sites excluding steroid dienone is 2. The highest BCUT2D eigenvalue weighted by atomic mass is 16.2. The molecule has 0 N–H and O–H groups in total. The van der Waals surface area contributed by atoms with Crippen molar-refractivity contribution in [2.75, 3.05) is 13.1 Å². The van der Waals surface area contributed by atoms with Gasteiger partial charge in [0.25, 0.3) is 5.56 Å². The first-order valence-corrected chi connectivity index (χ1v) is 7.62. The standard InChI is InChI=1S/C16H21N3O2/c1-12-7-8-15(20)19(17-12)11-13-9-18(10-13)16(21)14-5-3-2-4-6-14/h2-3,7-8,13-14H,4-6,9-11H2,1H3. The summed E-state index contributed by atoms with van der Waals surface area (Å²) in [6.07, 6.45) is 7.11. The van der Waals surface area contributed by atoms with Crippen LogP contribution in [0, 0.1) is 18.8 Å². The molecule has 0 bridgehead atoms. The van der Waals surface area contributed by atoms with Gasteiger partial charge in [0, 0.05) is 31.0 Å². The van der Waals surface area contributed by atoms with E-state index in [0.29, 0.717) is 12.5 Å². The summed E-state index contributed by atoms with van der Waals surface area (Å²) in [6.45, 7) is 3.99. The second-order valence-corrected chi connectivity index (χ2v) is 6.09. The van der Waals surface area contributed by atoms with E-state index in [1.807, 2.05) is 11.8 Å². The molecule has 21 heavy (non-hydrogen) atoms. The number of carbonyl (C=O) groups is 1. The predicted molar refractivity (Wildman–Crippen MR) is 79.8 cm³/mol. The SMILES string of the molecule is Cc1ccc(=O)n(CC2CN(C(=O)C3CC=CCC3)C2)n1. The number of carbonyl (C=O) groups excluding carboxylic acids is 1. The van der Waals surface area contributed by atoms with Crippen molar-refractivity contribution in [2.24, 2.45) is 11.8 Å². The summed E-state index contributed by atoms with van der Waals surface area (Å²) < 4.78 is 1.52. The van der Waals surface area contributed by atoms with Crippen molar-refractivity contribution in [3.8, 4) is 0 Å². The maximum Gasteiger partial charge on any atom is 0.266 e. The Kier molecular flexibility index (Phi) is 3.90. The molecule has 2 heterocycles. The molecule has 1 aromatic heterocycles. The van der Waals surface area contributed by atoms with E-state index in [0.717, 1.165) is 38.0 Å². The van der Waals surface area contributed by atoms with E-state index >= 15 is 0 Å². The average molecular weight is 287 g/mol. The summed E-state index contributed by atoms with van der Waals surface area (Å²) in [4.78, 5) is 26.0. The predicted octanol–water partition coefficient (Wildman–Crippen LogP) is 1.37. The molecular formula is C16H21N3O2. The van der Waals surface area contributed by atoms with Crippen LogP contribution in [0.1, 0.15) is 25.0 Å². The van der Waals surface area contributed by atoms with Gasteiger partial charge in [0.05, 0.1) is 12.2 Å². The lowest BCUT2D eigenvalue weighted by Crippen LogP contribution is -2.54. The van der Waals surface area contributed by atoms with Crippen LogP contribution in [0.2, 0.25) is 0 Å². The van der Waals surface area contributed by atoms with Crippen LogP contribution >= 0.6 is 0 Å². The maximum atomic E-state index is 12.3. The van der Waals surface area contributed by atoms with E-state index in [4.69, 9.17) is 0 Å². The number of hydrogen-bond acceptors (Lipinski definition) is 3. The van der Waals surface area contributed by atoms with Crippen LogP contribution in [-0.2, 0) is 11.3 Å². The van der Waals surface area contributed by atoms with Gasteiger partial charge in [-0.25, -0.2) is 4.68 Å². The fraction of sp³-hybridized carbons (Fsp3) is 0.562. The minimum atomic E-state index is -0.0669. The Morgan fingerprint density at radius 2 is 2.14 bits per heavy atom. The van der Waals surface area contributed by atoms with E-state index < -0.39 is 0 Å². The quantitative estimate of drug-likeness (QED) is 0.789. The third kappa shape index (κ3) is 3.06. The maximum absolute atomic E-state index is 12.3. The Bertz CT molecular complexity index is 614. The molecule has 112 valence electrons. The van der Waals surface area contributed by atoms with Gasteiger partial charge in [0.15, 0.2) is 0 Å². The molecule has 5 heteroatoms. The van der Waals surface area contributed by atoms with Crippen molar-refractivity contribution in [3.05, 3.63) is 40.3 Å². The highest BCUT2D eigenvalue weighted by Crippen LogP contribution is 2.25. The van der Waals surface area contributed by atoms with Crippen molar-refractivity contribution in [1.29, 1.82) is 0 Å². The molecule has 0 aromatic carbocycles. The van der Waals surface area contributed by atoms with Crippen LogP contribution in [0.3, 0.4) is 0 Å². The number of amides is 1. The first-order chi connectivity index (χ1) is 10.1. The van der Waals surface area contributed by atoms with E-state index in [1.54, 1.807) is 12.1 Å². The third-order valence-corrected chi connectivity index (χ3v) is 4.32. The molecular weight excluding hydrogens is 266 g/mol. The molecule has 1 aliphatic heterocycles. The molecule has 5 nitrogen and oxygen atoms in total. The van der Waals surface area contributed by atoms with Gasteiger partial charge in [-0.1, -0.05) is 12.2 Å². The number of rotatable bonds is 3. The molecule has 1 aromatic rings. The van der Waals surface area contributed by atoms with Gasteiger partial charge >= 0.3 is 0 Å². The van der Waals surface area contributed by atoms with Crippen molar-refractivity contribution in [1.82, 2.24) is 14.7 Å². The van der Waals surface area contributed by atoms with Crippen LogP contribution in [0.5, 0.6) is 0 Å². The molecule has 3 rings (SSSR count). The number of aromatic nitrogens is 2. The summed E-state index contributed by atoms with van der Waals surface area (Å²) in [7, 11) is 0. The first-order valence-electron chi connectivity index (χ1n) is 7.62. The fourth-order valence-corrected chi connectivity index (χ4v) is 3.07. The smallest absolute Gasteiger partial charge is 0.266 e. The monoisotopic (exact) mass is 287 g/mol. The van der Waals surface area contributed by atoms with E-state index in [9.17, 15) is 9.59 Å². The second kappa shape index (κ2) is 5.84. The molecule has 1 aliphatic carbocycles. The van der Waals surface area contributed by atoms with Gasteiger partial charge in [-0.05, 0) is 32.3 Å². The minimum Gasteiger partial charge on any atom is -0.342 e. The lowest BCUT2D eigenvalue weighted by Gasteiger charge is -2.41. The fourth-order valence-electron chi connectivity index (χ4n) is 3.07. The Labute approximate surface area is 124 Å². The van der Waals surface area contributed by atoms with Gasteiger partial charge in [0.1, 0.15) is 0 Å². The van der Waals surface area contributed by atoms with Gasteiger partial charge in [-0.3, -0.25) is 9.59 Å². The topological polar surface area (TPSA) is 55.2 Å². The summed E-state index contributed by atoms with van der Waals surface area (Å²) >= 11 is 0. The van der Waals surface area contributed by atoms with Gasteiger partial charge < -0.3 is 4.90 Å². The normalized spacial score (nSPS) is 22.1. The zero-order chi connectivity index (χ0) is 14.8. The van der Waals surface area contributed by atoms with E-state index in [-0.39, 0.29) is 17.4 Å². The molecule has 1 fully saturated rings. The van der Waals surface area contributed by atoms with Gasteiger partial charge in [-0.15, -0.1) is 0 Å². The van der Waals surface area contributed by atoms with Crippen molar-refractivity contribution in [2.45, 2.75) is 32.7 Å². The molecule has 1 unspecified atom stereocenters. The van der Waals surface area contributed by atoms with E-state index in [1.165, 1.54) is 4.68 Å². The molecule has 1 amide bonds. The summed E-state index contributed by atoms with van der Waals surface area (Å²) in [6, 6.07) is 3.28. The molecule has 1 saturated heterocycles. The number of hydrogen-bond donors (Lipinski definition) is 0. The minimum absolute atomic E-state index is 0.0669. The van der Waals surface area contributed by atoms with Crippen molar-refractivity contribution < 1.29 is 4.79 Å². The highest BCUT2D eigenvalue weighted by Gasteiger charge is 2.34. The van der Waals surface area contributed by atoms with Crippen LogP contribution in [0.15, 0.2) is 29.1 Å². The number of likely N-dealkylation sites (tertiary alicyclic amines) is 1. The van der Waals surface area contributed by atoms with Crippen LogP contribution in [-0.4, -0.2) is 33.7 Å². The Hall–Kier alpha value is -1.91. The largest absolute Gasteiger partial charge is 0.342 e. The van der Waals surface area contributed by atoms with Crippen molar-refractivity contribution in [3.63, 3.8) is 0 Å². The van der Waals surface area contributed by atoms with Crippen LogP contribution in [0.25, 0.3) is 0 Å². The number of aryl methyl sites for hydroxylation is 1. The number of nitrogens with zero attached hydrogens (tertiary/aromatic N) is 3. The second-order valence-electron chi connectivity index (χ2n) is 6.09. The molecule has 2 aliphatic rings. The lowest BCUT2D eigenvalue weighted by atomic mass is 9.90. The summed E-state index contributed by atoms with van der Waals surface area (Å²) in [5.74, 6) is 0.788. The molecule has 1 atom stereocenters. The molecule has 0 radical (unpaired) electrons. The van der Waals surface area contributed by atoms with Crippen LogP contribution < -0.4 is 5.56 Å². The van der Waals surface area contributed by atoms with Gasteiger partial charge in [0.2, 0.25) is 5.91 Å². The summed E-state index contributed by atoms with van der Waals surface area (Å²) in [5, 5.41) is 4.25. The van der Waals surface area contributed by atoms with Gasteiger partial charge in [-0.2, -0.15) is 5.10 Å². The zero-order valence-corrected chi connectivity index (χ0v) is 12.4. The molecule has 0 saturated carbocycles. The Morgan fingerprint density at radius 1 is 1.33 bits per heavy atom. The lowest BCUT2D eigenvalue weighted by molar-refractivity contribution is -0.142. The van der Waals surface area contributed by atoms with Crippen LogP contribution in [0.4, 0.5) is 0 Å². The highest BCUT2D eigenvalue weighted by molar-refractivity contribution is 5.80. The Balaban J connectivity index is 1.54.